The van der Waals surface area contributed by atoms with Crippen molar-refractivity contribution in [3.63, 3.8) is 0 Å². The Bertz CT molecular complexity index is 70.1. The van der Waals surface area contributed by atoms with Crippen LogP contribution < -0.4 is 4.72 Å². The van der Waals surface area contributed by atoms with Crippen molar-refractivity contribution in [1.29, 1.82) is 0 Å². The summed E-state index contributed by atoms with van der Waals surface area (Å²) >= 11 is 1.63. The summed E-state index contributed by atoms with van der Waals surface area (Å²) in [6.45, 7) is 0.855. The lowest BCUT2D eigenvalue weighted by molar-refractivity contribution is -0.110. The van der Waals surface area contributed by atoms with E-state index in [1.165, 1.54) is 0 Å². The maximum Gasteiger partial charge on any atom is 0.125 e. The lowest BCUT2D eigenvalue weighted by Crippen LogP contribution is -2.07. The molecule has 1 heterocycles. The summed E-state index contributed by atoms with van der Waals surface area (Å²) in [4.78, 5) is 9.95. The Morgan fingerprint density at radius 2 is 2.71 bits per heavy atom. The molecule has 0 radical (unpaired) electrons. The Labute approximate surface area is 46.8 Å². The second-order valence-corrected chi connectivity index (χ2v) is 2.47. The second-order valence-electron chi connectivity index (χ2n) is 1.56. The van der Waals surface area contributed by atoms with E-state index in [9.17, 15) is 4.79 Å². The van der Waals surface area contributed by atoms with Gasteiger partial charge in [-0.3, -0.25) is 4.72 Å². The van der Waals surface area contributed by atoms with Gasteiger partial charge in [0.2, 0.25) is 0 Å². The molecule has 1 saturated heterocycles. The van der Waals surface area contributed by atoms with Crippen molar-refractivity contribution in [2.45, 2.75) is 0 Å². The Morgan fingerprint density at radius 3 is 3.00 bits per heavy atom. The standard InChI is InChI=1S/C4H7NOS/c6-2-4-1-5-7-3-4/h2,4-5H,1,3H2. The van der Waals surface area contributed by atoms with Crippen LogP contribution in [0.4, 0.5) is 0 Å². The molecule has 1 fully saturated rings. The van der Waals surface area contributed by atoms with Crippen LogP contribution in [-0.2, 0) is 4.79 Å². The number of carbonyl (C=O) groups is 1. The third-order valence-corrected chi connectivity index (χ3v) is 1.90. The minimum Gasteiger partial charge on any atom is -0.303 e. The topological polar surface area (TPSA) is 29.1 Å². The van der Waals surface area contributed by atoms with Crippen molar-refractivity contribution in [3.05, 3.63) is 0 Å². The summed E-state index contributed by atoms with van der Waals surface area (Å²) in [6, 6.07) is 0. The lowest BCUT2D eigenvalue weighted by atomic mass is 10.2. The number of hydrogen-bond donors (Lipinski definition) is 1. The molecule has 0 saturated carbocycles. The van der Waals surface area contributed by atoms with E-state index < -0.39 is 0 Å². The van der Waals surface area contributed by atoms with E-state index >= 15 is 0 Å². The molecule has 1 N–H and O–H groups in total. The van der Waals surface area contributed by atoms with Crippen LogP contribution >= 0.6 is 11.9 Å². The summed E-state index contributed by atoms with van der Waals surface area (Å²) in [6.07, 6.45) is 1.01. The van der Waals surface area contributed by atoms with Gasteiger partial charge in [-0.2, -0.15) is 0 Å². The molecule has 0 aromatic rings. The fourth-order valence-corrected chi connectivity index (χ4v) is 1.34. The van der Waals surface area contributed by atoms with Crippen molar-refractivity contribution in [3.8, 4) is 0 Å². The summed E-state index contributed by atoms with van der Waals surface area (Å²) in [5, 5.41) is 0. The molecule has 0 bridgehead atoms. The monoisotopic (exact) mass is 117 g/mol. The van der Waals surface area contributed by atoms with Crippen molar-refractivity contribution < 1.29 is 4.79 Å². The highest BCUT2D eigenvalue weighted by Gasteiger charge is 2.12. The van der Waals surface area contributed by atoms with Crippen LogP contribution in [0.3, 0.4) is 0 Å². The molecule has 7 heavy (non-hydrogen) atoms. The van der Waals surface area contributed by atoms with E-state index in [-0.39, 0.29) is 5.92 Å². The summed E-state index contributed by atoms with van der Waals surface area (Å²) < 4.78 is 3.01. The Balaban J connectivity index is 2.26. The Hall–Kier alpha value is -0.0200. The average molecular weight is 117 g/mol. The third-order valence-electron chi connectivity index (χ3n) is 0.937. The zero-order valence-corrected chi connectivity index (χ0v) is 4.70. The van der Waals surface area contributed by atoms with Gasteiger partial charge in [-0.15, -0.1) is 0 Å². The molecule has 0 aliphatic carbocycles. The van der Waals surface area contributed by atoms with Crippen molar-refractivity contribution in [2.75, 3.05) is 12.3 Å². The van der Waals surface area contributed by atoms with Crippen LogP contribution in [0.1, 0.15) is 0 Å². The van der Waals surface area contributed by atoms with Gasteiger partial charge in [0, 0.05) is 18.2 Å². The third kappa shape index (κ3) is 1.17. The van der Waals surface area contributed by atoms with Gasteiger partial charge in [-0.25, -0.2) is 0 Å². The van der Waals surface area contributed by atoms with Crippen molar-refractivity contribution in [1.82, 2.24) is 4.72 Å². The van der Waals surface area contributed by atoms with Gasteiger partial charge < -0.3 is 4.79 Å². The van der Waals surface area contributed by atoms with E-state index in [0.29, 0.717) is 0 Å². The fourth-order valence-electron chi connectivity index (χ4n) is 0.478. The molecule has 2 nitrogen and oxygen atoms in total. The minimum absolute atomic E-state index is 0.269. The van der Waals surface area contributed by atoms with Crippen LogP contribution in [0, 0.1) is 5.92 Å². The maximum absolute atomic E-state index is 9.95. The highest BCUT2D eigenvalue weighted by atomic mass is 32.2. The quantitative estimate of drug-likeness (QED) is 0.389. The molecule has 1 rings (SSSR count). The zero-order valence-electron chi connectivity index (χ0n) is 3.89. The van der Waals surface area contributed by atoms with Gasteiger partial charge in [0.25, 0.3) is 0 Å². The van der Waals surface area contributed by atoms with Gasteiger partial charge in [-0.05, 0) is 0 Å². The summed E-state index contributed by atoms with van der Waals surface area (Å²) in [7, 11) is 0. The molecular formula is C4H7NOS. The second kappa shape index (κ2) is 2.33. The molecule has 3 heteroatoms. The predicted octanol–water partition coefficient (Wildman–Crippen LogP) is 0.0529. The number of hydrogen-bond acceptors (Lipinski definition) is 3. The fraction of sp³-hybridized carbons (Fsp3) is 0.750. The smallest absolute Gasteiger partial charge is 0.125 e. The SMILES string of the molecule is O=CC1CNSC1. The van der Waals surface area contributed by atoms with Gasteiger partial charge in [0.15, 0.2) is 0 Å². The number of rotatable bonds is 1. The minimum atomic E-state index is 0.269. The summed E-state index contributed by atoms with van der Waals surface area (Å²) in [5.41, 5.74) is 0. The van der Waals surface area contributed by atoms with Crippen LogP contribution in [0.25, 0.3) is 0 Å². The highest BCUT2D eigenvalue weighted by molar-refractivity contribution is 7.97. The normalized spacial score (nSPS) is 30.6. The molecule has 1 aliphatic heterocycles. The number of aldehydes is 1. The highest BCUT2D eigenvalue weighted by Crippen LogP contribution is 2.09. The van der Waals surface area contributed by atoms with Gasteiger partial charge >= 0.3 is 0 Å². The van der Waals surface area contributed by atoms with Gasteiger partial charge in [0.1, 0.15) is 6.29 Å². The van der Waals surface area contributed by atoms with Crippen LogP contribution in [0.5, 0.6) is 0 Å². The van der Waals surface area contributed by atoms with Crippen LogP contribution in [0.15, 0.2) is 0 Å². The molecule has 1 atom stereocenters. The first-order valence-electron chi connectivity index (χ1n) is 2.23. The molecule has 0 aromatic heterocycles. The summed E-state index contributed by atoms with van der Waals surface area (Å²) in [5.74, 6) is 1.22. The first-order chi connectivity index (χ1) is 3.43. The molecule has 0 aromatic carbocycles. The number of carbonyl (C=O) groups excluding carboxylic acids is 1. The van der Waals surface area contributed by atoms with Crippen LogP contribution in [0.2, 0.25) is 0 Å². The van der Waals surface area contributed by atoms with Crippen molar-refractivity contribution >= 4 is 18.2 Å². The first kappa shape index (κ1) is 5.12. The van der Waals surface area contributed by atoms with E-state index in [1.807, 2.05) is 0 Å². The largest absolute Gasteiger partial charge is 0.303 e. The van der Waals surface area contributed by atoms with Crippen molar-refractivity contribution in [2.24, 2.45) is 5.92 Å². The van der Waals surface area contributed by atoms with E-state index in [4.69, 9.17) is 0 Å². The molecule has 1 unspecified atom stereocenters. The zero-order chi connectivity index (χ0) is 5.11. The molecule has 1 aliphatic rings. The molecule has 40 valence electrons. The van der Waals surface area contributed by atoms with Crippen LogP contribution in [-0.4, -0.2) is 18.6 Å². The van der Waals surface area contributed by atoms with E-state index in [2.05, 4.69) is 4.72 Å². The molecule has 0 spiro atoms. The Kier molecular flexibility index (Phi) is 1.70. The number of nitrogens with one attached hydrogen (secondary N) is 1. The van der Waals surface area contributed by atoms with Gasteiger partial charge in [0.05, 0.1) is 0 Å². The van der Waals surface area contributed by atoms with E-state index in [0.717, 1.165) is 18.6 Å². The average Bonchev–Trinajstić information content (AvgIpc) is 2.14. The maximum atomic E-state index is 9.95. The lowest BCUT2D eigenvalue weighted by Gasteiger charge is -1.87. The first-order valence-corrected chi connectivity index (χ1v) is 3.22. The molecular weight excluding hydrogens is 110 g/mol. The van der Waals surface area contributed by atoms with E-state index in [1.54, 1.807) is 11.9 Å². The van der Waals surface area contributed by atoms with Gasteiger partial charge in [-0.1, -0.05) is 11.9 Å². The predicted molar refractivity (Wildman–Crippen MR) is 30.0 cm³/mol. The molecule has 0 amide bonds. The Morgan fingerprint density at radius 1 is 1.86 bits per heavy atom.